The van der Waals surface area contributed by atoms with Gasteiger partial charge in [0.1, 0.15) is 17.2 Å². The number of rotatable bonds is 1. The third-order valence-electron chi connectivity index (χ3n) is 7.37. The Bertz CT molecular complexity index is 1020. The highest BCUT2D eigenvalue weighted by Gasteiger charge is 2.51. The molecule has 0 spiro atoms. The van der Waals surface area contributed by atoms with Crippen LogP contribution in [0.4, 0.5) is 0 Å². The molecule has 4 saturated carbocycles. The molecule has 5 aliphatic rings. The number of hydrogen-bond donors (Lipinski definition) is 2. The zero-order chi connectivity index (χ0) is 19.0. The highest BCUT2D eigenvalue weighted by Crippen LogP contribution is 2.57. The van der Waals surface area contributed by atoms with Gasteiger partial charge in [0.05, 0.1) is 5.54 Å². The Morgan fingerprint density at radius 3 is 1.82 bits per heavy atom. The van der Waals surface area contributed by atoms with Crippen LogP contribution in [-0.4, -0.2) is 27.2 Å². The molecular formula is C24H23NO3. The first-order valence-electron chi connectivity index (χ1n) is 10.3. The number of aliphatic imine (C=N–C) groups is 1. The van der Waals surface area contributed by atoms with E-state index in [0.29, 0.717) is 11.3 Å². The van der Waals surface area contributed by atoms with Crippen molar-refractivity contribution in [1.82, 2.24) is 0 Å². The van der Waals surface area contributed by atoms with E-state index in [0.717, 1.165) is 53.7 Å². The average molecular weight is 373 g/mol. The van der Waals surface area contributed by atoms with E-state index < -0.39 is 0 Å². The first-order valence-corrected chi connectivity index (χ1v) is 10.3. The number of nitrogens with zero attached hydrogens (tertiary/aromatic N) is 1. The largest absolute Gasteiger partial charge is 0.508 e. The molecule has 4 nitrogen and oxygen atoms in total. The van der Waals surface area contributed by atoms with Gasteiger partial charge in [-0.3, -0.25) is 9.79 Å². The number of phenols is 2. The van der Waals surface area contributed by atoms with Gasteiger partial charge < -0.3 is 10.2 Å². The van der Waals surface area contributed by atoms with Gasteiger partial charge in [-0.2, -0.15) is 0 Å². The number of carbonyl (C=O) groups is 1. The molecule has 142 valence electrons. The van der Waals surface area contributed by atoms with Crippen molar-refractivity contribution in [1.29, 1.82) is 0 Å². The topological polar surface area (TPSA) is 69.9 Å². The number of Topliss-reactive ketones (excluding diaryl/α,β-unsaturated/α-hetero) is 1. The van der Waals surface area contributed by atoms with Crippen molar-refractivity contribution in [2.45, 2.75) is 44.1 Å². The summed E-state index contributed by atoms with van der Waals surface area (Å²) in [6.45, 7) is 0. The Balaban J connectivity index is 1.55. The molecule has 2 aromatic rings. The van der Waals surface area contributed by atoms with Crippen molar-refractivity contribution in [2.75, 3.05) is 0 Å². The fourth-order valence-corrected chi connectivity index (χ4v) is 6.72. The van der Waals surface area contributed by atoms with Crippen LogP contribution in [-0.2, 0) is 0 Å². The van der Waals surface area contributed by atoms with E-state index in [1.54, 1.807) is 30.3 Å². The van der Waals surface area contributed by atoms with Gasteiger partial charge in [-0.15, -0.1) is 0 Å². The Morgan fingerprint density at radius 2 is 1.25 bits per heavy atom. The molecule has 0 radical (unpaired) electrons. The zero-order valence-electron chi connectivity index (χ0n) is 15.7. The molecule has 28 heavy (non-hydrogen) atoms. The van der Waals surface area contributed by atoms with Gasteiger partial charge in [0.25, 0.3) is 0 Å². The van der Waals surface area contributed by atoms with E-state index in [9.17, 15) is 15.0 Å². The number of ketones is 1. The molecule has 7 rings (SSSR count). The Morgan fingerprint density at radius 1 is 0.750 bits per heavy atom. The minimum absolute atomic E-state index is 0.0866. The van der Waals surface area contributed by atoms with Gasteiger partial charge in [-0.25, -0.2) is 0 Å². The van der Waals surface area contributed by atoms with E-state index in [-0.39, 0.29) is 22.8 Å². The molecule has 0 aliphatic heterocycles. The molecule has 4 heteroatoms. The molecule has 0 unspecified atom stereocenters. The third kappa shape index (κ3) is 2.30. The van der Waals surface area contributed by atoms with Gasteiger partial charge in [0, 0.05) is 11.1 Å². The normalized spacial score (nSPS) is 33.8. The van der Waals surface area contributed by atoms with Crippen LogP contribution in [0, 0.1) is 17.8 Å². The van der Waals surface area contributed by atoms with Gasteiger partial charge in [0.15, 0.2) is 0 Å². The first kappa shape index (κ1) is 16.3. The Hall–Kier alpha value is -2.62. The Labute approximate surface area is 163 Å². The summed E-state index contributed by atoms with van der Waals surface area (Å²) in [4.78, 5) is 18.6. The highest BCUT2D eigenvalue weighted by atomic mass is 16.3. The van der Waals surface area contributed by atoms with Crippen LogP contribution in [0.25, 0.3) is 11.1 Å². The summed E-state index contributed by atoms with van der Waals surface area (Å²) in [5, 5.41) is 20.1. The van der Waals surface area contributed by atoms with Crippen molar-refractivity contribution in [3.63, 3.8) is 0 Å². The van der Waals surface area contributed by atoms with E-state index in [1.807, 2.05) is 6.07 Å². The first-order chi connectivity index (χ1) is 13.5. The number of fused-ring (bicyclic) bond motifs is 3. The molecule has 2 N–H and O–H groups in total. The number of carbonyl (C=O) groups excluding carboxylic acids is 1. The fourth-order valence-electron chi connectivity index (χ4n) is 6.72. The van der Waals surface area contributed by atoms with Crippen LogP contribution in [0.5, 0.6) is 11.5 Å². The molecule has 2 aromatic carbocycles. The van der Waals surface area contributed by atoms with Gasteiger partial charge in [0.2, 0.25) is 5.78 Å². The van der Waals surface area contributed by atoms with Crippen LogP contribution in [0.15, 0.2) is 41.4 Å². The number of benzene rings is 2. The molecule has 0 saturated heterocycles. The summed E-state index contributed by atoms with van der Waals surface area (Å²) in [6.07, 6.45) is 7.22. The van der Waals surface area contributed by atoms with E-state index >= 15 is 0 Å². The van der Waals surface area contributed by atoms with Crippen LogP contribution >= 0.6 is 0 Å². The maximum Gasteiger partial charge on any atom is 0.212 e. The zero-order valence-corrected chi connectivity index (χ0v) is 15.7. The van der Waals surface area contributed by atoms with E-state index in [4.69, 9.17) is 4.99 Å². The van der Waals surface area contributed by atoms with Crippen molar-refractivity contribution in [2.24, 2.45) is 22.7 Å². The molecular weight excluding hydrogens is 350 g/mol. The predicted octanol–water partition coefficient (Wildman–Crippen LogP) is 4.72. The van der Waals surface area contributed by atoms with Crippen LogP contribution < -0.4 is 0 Å². The number of aromatic hydroxyl groups is 2. The second-order valence-corrected chi connectivity index (χ2v) is 9.39. The lowest BCUT2D eigenvalue weighted by Gasteiger charge is -2.55. The summed E-state index contributed by atoms with van der Waals surface area (Å²) in [5.74, 6) is 2.33. The van der Waals surface area contributed by atoms with Crippen LogP contribution in [0.1, 0.15) is 54.4 Å². The monoisotopic (exact) mass is 373 g/mol. The van der Waals surface area contributed by atoms with E-state index in [1.165, 1.54) is 19.3 Å². The van der Waals surface area contributed by atoms with Crippen LogP contribution in [0.2, 0.25) is 0 Å². The number of hydrogen-bond acceptors (Lipinski definition) is 4. The lowest BCUT2D eigenvalue weighted by molar-refractivity contribution is 0.00165. The van der Waals surface area contributed by atoms with Crippen molar-refractivity contribution in [3.05, 3.63) is 47.5 Å². The van der Waals surface area contributed by atoms with Gasteiger partial charge >= 0.3 is 0 Å². The fraction of sp³-hybridized carbons (Fsp3) is 0.417. The second kappa shape index (κ2) is 5.47. The highest BCUT2D eigenvalue weighted by molar-refractivity contribution is 6.55. The molecule has 0 amide bonds. The molecule has 0 aromatic heterocycles. The second-order valence-electron chi connectivity index (χ2n) is 9.39. The van der Waals surface area contributed by atoms with Gasteiger partial charge in [-0.05, 0) is 104 Å². The predicted molar refractivity (Wildman–Crippen MR) is 107 cm³/mol. The molecule has 0 atom stereocenters. The maximum absolute atomic E-state index is 13.4. The summed E-state index contributed by atoms with van der Waals surface area (Å²) in [7, 11) is 0. The van der Waals surface area contributed by atoms with Gasteiger partial charge in [-0.1, -0.05) is 0 Å². The smallest absolute Gasteiger partial charge is 0.212 e. The Kier molecular flexibility index (Phi) is 3.19. The van der Waals surface area contributed by atoms with Crippen molar-refractivity contribution < 1.29 is 15.0 Å². The standard InChI is InChI=1S/C24H23NO3/c26-16-1-3-18-19-4-2-17(27)9-21(19)23(28)22(20(18)8-16)25-24-10-13-5-14(11-24)7-15(6-13)12-24/h1-4,8-9,13-15,26-27H,5-7,10-12H2. The van der Waals surface area contributed by atoms with E-state index in [2.05, 4.69) is 0 Å². The SMILES string of the molecule is O=C1C(=NC23CC4CC(CC(C4)C2)C3)c2cc(O)ccc2-c2ccc(O)cc21. The summed E-state index contributed by atoms with van der Waals surface area (Å²) >= 11 is 0. The minimum Gasteiger partial charge on any atom is -0.508 e. The average Bonchev–Trinajstić information content (AvgIpc) is 2.64. The summed E-state index contributed by atoms with van der Waals surface area (Å²) < 4.78 is 0. The number of phenolic OH excluding ortho intramolecular Hbond substituents is 2. The minimum atomic E-state index is -0.139. The maximum atomic E-state index is 13.4. The molecule has 5 aliphatic carbocycles. The molecule has 4 fully saturated rings. The van der Waals surface area contributed by atoms with Crippen molar-refractivity contribution in [3.8, 4) is 22.6 Å². The van der Waals surface area contributed by atoms with Crippen LogP contribution in [0.3, 0.4) is 0 Å². The lowest BCUT2D eigenvalue weighted by atomic mass is 9.53. The summed E-state index contributed by atoms with van der Waals surface area (Å²) in [5.41, 5.74) is 3.25. The molecule has 4 bridgehead atoms. The summed E-state index contributed by atoms with van der Waals surface area (Å²) in [6, 6.07) is 10.1. The molecule has 0 heterocycles. The third-order valence-corrected chi connectivity index (χ3v) is 7.37. The van der Waals surface area contributed by atoms with Crippen molar-refractivity contribution >= 4 is 11.5 Å². The quantitative estimate of drug-likeness (QED) is 0.760. The lowest BCUT2D eigenvalue weighted by Crippen LogP contribution is -2.50.